The minimum absolute atomic E-state index is 0.119. The molecule has 3 heteroatoms. The van der Waals surface area contributed by atoms with Gasteiger partial charge in [-0.05, 0) is 19.1 Å². The Morgan fingerprint density at radius 2 is 1.67 bits per heavy atom. The zero-order chi connectivity index (χ0) is 14.4. The molecule has 1 rings (SSSR count). The van der Waals surface area contributed by atoms with E-state index in [-0.39, 0.29) is 11.4 Å². The van der Waals surface area contributed by atoms with Crippen LogP contribution in [0.1, 0.15) is 34.6 Å². The number of nitriles is 1. The zero-order valence-electron chi connectivity index (χ0n) is 11.8. The third-order valence-electron chi connectivity index (χ3n) is 1.66. The van der Waals surface area contributed by atoms with E-state index in [4.69, 9.17) is 5.26 Å². The van der Waals surface area contributed by atoms with Crippen molar-refractivity contribution in [3.63, 3.8) is 0 Å². The molecule has 0 aliphatic carbocycles. The van der Waals surface area contributed by atoms with Gasteiger partial charge in [-0.25, -0.2) is 0 Å². The monoisotopic (exact) mass is 246 g/mol. The van der Waals surface area contributed by atoms with Crippen LogP contribution < -0.4 is 5.32 Å². The normalized spacial score (nSPS) is 8.78. The molecule has 0 amide bonds. The van der Waals surface area contributed by atoms with Crippen molar-refractivity contribution in [3.05, 3.63) is 42.1 Å². The molecular formula is C15H22N2O. The zero-order valence-corrected chi connectivity index (χ0v) is 11.8. The Morgan fingerprint density at radius 1 is 1.17 bits per heavy atom. The van der Waals surface area contributed by atoms with E-state index in [0.717, 1.165) is 5.69 Å². The lowest BCUT2D eigenvalue weighted by atomic mass is 10.2. The Hall–Kier alpha value is -2.08. The number of para-hydroxylation sites is 1. The van der Waals surface area contributed by atoms with Gasteiger partial charge in [-0.15, -0.1) is 0 Å². The number of carbonyl (C=O) groups is 1. The maximum absolute atomic E-state index is 10.9. The Kier molecular flexibility index (Phi) is 13.2. The van der Waals surface area contributed by atoms with Gasteiger partial charge >= 0.3 is 0 Å². The highest BCUT2D eigenvalue weighted by atomic mass is 16.1. The number of rotatable bonds is 3. The van der Waals surface area contributed by atoms with E-state index in [0.29, 0.717) is 0 Å². The van der Waals surface area contributed by atoms with Crippen molar-refractivity contribution in [1.29, 1.82) is 5.26 Å². The first-order valence-corrected chi connectivity index (χ1v) is 6.17. The van der Waals surface area contributed by atoms with Gasteiger partial charge in [0.05, 0.1) is 0 Å². The van der Waals surface area contributed by atoms with Crippen LogP contribution in [0.15, 0.2) is 42.1 Å². The smallest absolute Gasteiger partial charge is 0.171 e. The molecule has 1 aromatic rings. The van der Waals surface area contributed by atoms with Crippen LogP contribution in [-0.4, -0.2) is 5.78 Å². The average Bonchev–Trinajstić information content (AvgIpc) is 2.45. The molecule has 1 aromatic carbocycles. The van der Waals surface area contributed by atoms with Gasteiger partial charge in [-0.3, -0.25) is 4.79 Å². The molecular weight excluding hydrogens is 224 g/mol. The predicted octanol–water partition coefficient (Wildman–Crippen LogP) is 4.15. The average molecular weight is 246 g/mol. The highest BCUT2D eigenvalue weighted by Gasteiger charge is 2.00. The lowest BCUT2D eigenvalue weighted by Crippen LogP contribution is -1.97. The summed E-state index contributed by atoms with van der Waals surface area (Å²) in [5.74, 6) is -0.240. The Balaban J connectivity index is 0. The molecule has 0 aromatic heterocycles. The number of anilines is 1. The molecule has 0 heterocycles. The van der Waals surface area contributed by atoms with E-state index >= 15 is 0 Å². The molecule has 1 N–H and O–H groups in total. The van der Waals surface area contributed by atoms with E-state index in [2.05, 4.69) is 5.32 Å². The first kappa shape index (κ1) is 18.3. The van der Waals surface area contributed by atoms with Crippen LogP contribution in [0.25, 0.3) is 0 Å². The fourth-order valence-corrected chi connectivity index (χ4v) is 0.903. The molecule has 3 nitrogen and oxygen atoms in total. The Bertz CT molecular complexity index is 389. The van der Waals surface area contributed by atoms with Crippen LogP contribution in [0.5, 0.6) is 0 Å². The highest BCUT2D eigenvalue weighted by Crippen LogP contribution is 2.05. The Labute approximate surface area is 110 Å². The molecule has 0 aliphatic heterocycles. The Morgan fingerprint density at radius 3 is 2.06 bits per heavy atom. The molecule has 18 heavy (non-hydrogen) atoms. The number of allylic oxidation sites excluding steroid dienone is 1. The van der Waals surface area contributed by atoms with Gasteiger partial charge in [-0.1, -0.05) is 45.9 Å². The molecule has 0 aliphatic rings. The number of benzene rings is 1. The third kappa shape index (κ3) is 8.12. The molecule has 0 saturated heterocycles. The minimum atomic E-state index is -0.240. The van der Waals surface area contributed by atoms with Crippen LogP contribution in [0.2, 0.25) is 0 Å². The van der Waals surface area contributed by atoms with E-state index < -0.39 is 0 Å². The number of nitrogens with zero attached hydrogens (tertiary/aromatic N) is 1. The lowest BCUT2D eigenvalue weighted by molar-refractivity contribution is -0.113. The molecule has 0 spiro atoms. The standard InChI is InChI=1S/C11H10N2O.2C2H6/c1-9(14)10(7-12)8-13-11-5-3-2-4-6-11;2*1-2/h2-6,8,13H,1H3;2*1-2H3/b10-8-;;. The first-order valence-electron chi connectivity index (χ1n) is 6.17. The summed E-state index contributed by atoms with van der Waals surface area (Å²) in [6.07, 6.45) is 1.41. The fraction of sp³-hybridized carbons (Fsp3) is 0.333. The summed E-state index contributed by atoms with van der Waals surface area (Å²) in [7, 11) is 0. The van der Waals surface area contributed by atoms with E-state index in [1.54, 1.807) is 0 Å². The summed E-state index contributed by atoms with van der Waals surface area (Å²) < 4.78 is 0. The maximum Gasteiger partial charge on any atom is 0.171 e. The van der Waals surface area contributed by atoms with Crippen LogP contribution in [0, 0.1) is 11.3 Å². The number of hydrogen-bond donors (Lipinski definition) is 1. The van der Waals surface area contributed by atoms with Gasteiger partial charge in [-0.2, -0.15) is 5.26 Å². The van der Waals surface area contributed by atoms with Crippen molar-refractivity contribution < 1.29 is 4.79 Å². The van der Waals surface area contributed by atoms with Crippen LogP contribution in [-0.2, 0) is 4.79 Å². The van der Waals surface area contributed by atoms with Gasteiger partial charge in [0.2, 0.25) is 0 Å². The van der Waals surface area contributed by atoms with Gasteiger partial charge in [0.25, 0.3) is 0 Å². The van der Waals surface area contributed by atoms with Crippen molar-refractivity contribution in [2.24, 2.45) is 0 Å². The second-order valence-corrected chi connectivity index (χ2v) is 2.74. The molecule has 0 fully saturated rings. The highest BCUT2D eigenvalue weighted by molar-refractivity contribution is 5.97. The van der Waals surface area contributed by atoms with Crippen molar-refractivity contribution in [3.8, 4) is 6.07 Å². The van der Waals surface area contributed by atoms with Gasteiger partial charge in [0, 0.05) is 11.9 Å². The summed E-state index contributed by atoms with van der Waals surface area (Å²) >= 11 is 0. The fourth-order valence-electron chi connectivity index (χ4n) is 0.903. The number of ketones is 1. The number of carbonyl (C=O) groups excluding carboxylic acids is 1. The third-order valence-corrected chi connectivity index (χ3v) is 1.66. The van der Waals surface area contributed by atoms with Crippen LogP contribution >= 0.6 is 0 Å². The van der Waals surface area contributed by atoms with Crippen molar-refractivity contribution in [1.82, 2.24) is 0 Å². The second kappa shape index (κ2) is 13.0. The SMILES string of the molecule is CC.CC.CC(=O)/C(C#N)=C\Nc1ccccc1. The summed E-state index contributed by atoms with van der Waals surface area (Å²) in [6, 6.07) is 11.2. The molecule has 0 atom stereocenters. The quantitative estimate of drug-likeness (QED) is 0.644. The van der Waals surface area contributed by atoms with E-state index in [1.807, 2.05) is 64.1 Å². The van der Waals surface area contributed by atoms with Crippen LogP contribution in [0.3, 0.4) is 0 Å². The first-order chi connectivity index (χ1) is 8.74. The second-order valence-electron chi connectivity index (χ2n) is 2.74. The van der Waals surface area contributed by atoms with Crippen molar-refractivity contribution >= 4 is 11.5 Å². The van der Waals surface area contributed by atoms with Crippen molar-refractivity contribution in [2.45, 2.75) is 34.6 Å². The minimum Gasteiger partial charge on any atom is -0.360 e. The van der Waals surface area contributed by atoms with E-state index in [9.17, 15) is 4.79 Å². The lowest BCUT2D eigenvalue weighted by Gasteiger charge is -1.99. The summed E-state index contributed by atoms with van der Waals surface area (Å²) in [4.78, 5) is 10.9. The summed E-state index contributed by atoms with van der Waals surface area (Å²) in [6.45, 7) is 9.36. The number of hydrogen-bond acceptors (Lipinski definition) is 3. The van der Waals surface area contributed by atoms with Crippen molar-refractivity contribution in [2.75, 3.05) is 5.32 Å². The topological polar surface area (TPSA) is 52.9 Å². The molecule has 0 radical (unpaired) electrons. The maximum atomic E-state index is 10.9. The van der Waals surface area contributed by atoms with Gasteiger partial charge in [0.1, 0.15) is 11.6 Å². The summed E-state index contributed by atoms with van der Waals surface area (Å²) in [5.41, 5.74) is 0.968. The predicted molar refractivity (Wildman–Crippen MR) is 77.1 cm³/mol. The summed E-state index contributed by atoms with van der Waals surface area (Å²) in [5, 5.41) is 11.5. The van der Waals surface area contributed by atoms with Gasteiger partial charge < -0.3 is 5.32 Å². The number of Topliss-reactive ketones (excluding diaryl/α,β-unsaturated/α-hetero) is 1. The van der Waals surface area contributed by atoms with Crippen LogP contribution in [0.4, 0.5) is 5.69 Å². The molecule has 0 bridgehead atoms. The number of nitrogens with one attached hydrogen (secondary N) is 1. The van der Waals surface area contributed by atoms with Gasteiger partial charge in [0.15, 0.2) is 5.78 Å². The molecule has 0 saturated carbocycles. The van der Waals surface area contributed by atoms with E-state index in [1.165, 1.54) is 13.1 Å². The molecule has 98 valence electrons. The molecule has 0 unspecified atom stereocenters. The largest absolute Gasteiger partial charge is 0.360 e.